The molecular weight excluding hydrogens is 536 g/mol. The summed E-state index contributed by atoms with van der Waals surface area (Å²) in [4.78, 5) is 44.6. The molecule has 42 heavy (non-hydrogen) atoms. The summed E-state index contributed by atoms with van der Waals surface area (Å²) in [5, 5.41) is 6.14. The van der Waals surface area contributed by atoms with Crippen molar-refractivity contribution in [2.24, 2.45) is 0 Å². The molecule has 2 N–H and O–H groups in total. The highest BCUT2D eigenvalue weighted by atomic mass is 16.6. The molecule has 2 amide bonds. The van der Waals surface area contributed by atoms with Crippen molar-refractivity contribution in [1.29, 1.82) is 0 Å². The fraction of sp³-hybridized carbons (Fsp3) is 0.433. The van der Waals surface area contributed by atoms with Gasteiger partial charge in [0.1, 0.15) is 17.9 Å². The molecule has 12 nitrogen and oxygen atoms in total. The molecule has 3 aromatic rings. The summed E-state index contributed by atoms with van der Waals surface area (Å²) in [5.74, 6) is 0.852. The van der Waals surface area contributed by atoms with Gasteiger partial charge in [-0.3, -0.25) is 9.69 Å². The third-order valence-electron chi connectivity index (χ3n) is 6.85. The Bertz CT molecular complexity index is 1470. The zero-order valence-corrected chi connectivity index (χ0v) is 25.0. The number of hydrogen-bond acceptors (Lipinski definition) is 10. The number of fused-ring (bicyclic) bond motifs is 2. The van der Waals surface area contributed by atoms with E-state index in [1.165, 1.54) is 0 Å². The van der Waals surface area contributed by atoms with Gasteiger partial charge in [0.2, 0.25) is 17.7 Å². The third kappa shape index (κ3) is 6.71. The maximum Gasteiger partial charge on any atom is 0.415 e. The number of hydrogen-bond donors (Lipinski definition) is 2. The molecule has 0 bridgehead atoms. The largest absolute Gasteiger partial charge is 0.474 e. The smallest absolute Gasteiger partial charge is 0.415 e. The van der Waals surface area contributed by atoms with Crippen molar-refractivity contribution in [2.75, 3.05) is 60.8 Å². The highest BCUT2D eigenvalue weighted by Crippen LogP contribution is 2.39. The van der Waals surface area contributed by atoms with Gasteiger partial charge in [-0.05, 0) is 78.0 Å². The number of carbonyl (C=O) groups excluding carboxylic acids is 2. The molecule has 2 aromatic heterocycles. The lowest BCUT2D eigenvalue weighted by Crippen LogP contribution is -2.42. The number of anilines is 5. The first-order valence-corrected chi connectivity index (χ1v) is 14.0. The summed E-state index contributed by atoms with van der Waals surface area (Å²) in [6.07, 6.45) is 4.04. The second-order valence-electron chi connectivity index (χ2n) is 11.7. The van der Waals surface area contributed by atoms with Crippen LogP contribution >= 0.6 is 0 Å². The number of nitrogens with one attached hydrogen (secondary N) is 2. The number of pyridine rings is 1. The van der Waals surface area contributed by atoms with Gasteiger partial charge >= 0.3 is 6.09 Å². The van der Waals surface area contributed by atoms with E-state index in [4.69, 9.17) is 14.5 Å². The van der Waals surface area contributed by atoms with E-state index >= 15 is 0 Å². The summed E-state index contributed by atoms with van der Waals surface area (Å²) < 4.78 is 11.5. The van der Waals surface area contributed by atoms with E-state index in [0.717, 1.165) is 46.8 Å². The number of rotatable bonds is 6. The lowest BCUT2D eigenvalue weighted by molar-refractivity contribution is -0.116. The number of aromatic nitrogens is 3. The zero-order chi connectivity index (χ0) is 30.0. The lowest BCUT2D eigenvalue weighted by atomic mass is 10.0. The highest BCUT2D eigenvalue weighted by Gasteiger charge is 2.32. The monoisotopic (exact) mass is 574 g/mol. The number of nitrogens with zero attached hydrogens (tertiary/aromatic N) is 6. The first-order valence-electron chi connectivity index (χ1n) is 14.0. The number of ether oxygens (including phenoxy) is 2. The van der Waals surface area contributed by atoms with Crippen molar-refractivity contribution < 1.29 is 19.1 Å². The average molecular weight is 575 g/mol. The van der Waals surface area contributed by atoms with Gasteiger partial charge in [-0.2, -0.15) is 0 Å². The maximum absolute atomic E-state index is 13.0. The molecule has 0 fully saturated rings. The van der Waals surface area contributed by atoms with Gasteiger partial charge in [0.05, 0.1) is 37.2 Å². The Hall–Kier alpha value is -4.45. The van der Waals surface area contributed by atoms with Gasteiger partial charge in [-0.15, -0.1) is 0 Å². The molecule has 12 heteroatoms. The quantitative estimate of drug-likeness (QED) is 0.444. The fourth-order valence-corrected chi connectivity index (χ4v) is 4.97. The topological polar surface area (TPSA) is 125 Å². The van der Waals surface area contributed by atoms with E-state index in [1.807, 2.05) is 77.2 Å². The molecule has 1 aromatic carbocycles. The van der Waals surface area contributed by atoms with Crippen LogP contribution in [0.4, 0.5) is 33.5 Å². The van der Waals surface area contributed by atoms with Gasteiger partial charge in [-0.1, -0.05) is 0 Å². The fourth-order valence-electron chi connectivity index (χ4n) is 4.97. The first-order chi connectivity index (χ1) is 20.0. The predicted octanol–water partition coefficient (Wildman–Crippen LogP) is 4.12. The number of amides is 2. The third-order valence-corrected chi connectivity index (χ3v) is 6.85. The summed E-state index contributed by atoms with van der Waals surface area (Å²) in [6.45, 7) is 9.94. The van der Waals surface area contributed by atoms with Crippen LogP contribution in [0.25, 0.3) is 0 Å². The zero-order valence-electron chi connectivity index (χ0n) is 25.0. The summed E-state index contributed by atoms with van der Waals surface area (Å²) in [6, 6.07) is 7.43. The molecule has 0 unspecified atom stereocenters. The van der Waals surface area contributed by atoms with Crippen LogP contribution in [-0.2, 0) is 22.5 Å². The van der Waals surface area contributed by atoms with Crippen molar-refractivity contribution in [1.82, 2.24) is 19.9 Å². The van der Waals surface area contributed by atoms with Crippen LogP contribution in [0.3, 0.4) is 0 Å². The van der Waals surface area contributed by atoms with E-state index in [2.05, 4.69) is 25.5 Å². The lowest BCUT2D eigenvalue weighted by Gasteiger charge is -2.35. The molecule has 0 radical (unpaired) electrons. The highest BCUT2D eigenvalue weighted by molar-refractivity contribution is 5.93. The minimum Gasteiger partial charge on any atom is -0.474 e. The molecule has 5 rings (SSSR count). The van der Waals surface area contributed by atoms with Gasteiger partial charge < -0.3 is 29.9 Å². The van der Waals surface area contributed by atoms with E-state index in [0.29, 0.717) is 43.8 Å². The van der Waals surface area contributed by atoms with Crippen molar-refractivity contribution in [3.05, 3.63) is 53.5 Å². The minimum atomic E-state index is -0.611. The molecule has 4 heterocycles. The van der Waals surface area contributed by atoms with Gasteiger partial charge in [0.15, 0.2) is 0 Å². The summed E-state index contributed by atoms with van der Waals surface area (Å²) in [5.41, 5.74) is 5.40. The average Bonchev–Trinajstić information content (AvgIpc) is 2.92. The molecule has 0 saturated carbocycles. The molecule has 0 atom stereocenters. The van der Waals surface area contributed by atoms with Gasteiger partial charge in [0, 0.05) is 29.7 Å². The normalized spacial score (nSPS) is 14.5. The SMILES string of the molecule is Cc1c(N2CCc3cnc(Nc4ccc(NC(=O)CN(C)C)cc4)nc3C2)cnc2c1N(C(=O)OC(C)(C)C)CCO2. The number of benzene rings is 1. The standard InChI is InChI=1S/C30H38N8O4/c1-19-24(16-31-27-26(19)38(13-14-41-27)29(40)42-30(2,3)4)37-12-11-20-15-32-28(35-23(20)17-37)34-22-9-7-21(8-10-22)33-25(39)18-36(5)6/h7-10,15-16H,11-14,17-18H2,1-6H3,(H,33,39)(H,32,34,35). The van der Waals surface area contributed by atoms with E-state index in [1.54, 1.807) is 11.1 Å². The summed E-state index contributed by atoms with van der Waals surface area (Å²) in [7, 11) is 3.70. The van der Waals surface area contributed by atoms with Crippen molar-refractivity contribution in [2.45, 2.75) is 46.3 Å². The van der Waals surface area contributed by atoms with Crippen molar-refractivity contribution in [3.8, 4) is 5.88 Å². The Morgan fingerprint density at radius 2 is 1.81 bits per heavy atom. The first kappa shape index (κ1) is 29.1. The molecule has 0 aliphatic carbocycles. The van der Waals surface area contributed by atoms with Gasteiger partial charge in [0.25, 0.3) is 0 Å². The Kier molecular flexibility index (Phi) is 8.17. The van der Waals surface area contributed by atoms with Crippen LogP contribution in [0.1, 0.15) is 37.6 Å². The predicted molar refractivity (Wildman–Crippen MR) is 162 cm³/mol. The van der Waals surface area contributed by atoms with E-state index in [-0.39, 0.29) is 5.91 Å². The Balaban J connectivity index is 1.31. The Morgan fingerprint density at radius 3 is 2.52 bits per heavy atom. The van der Waals surface area contributed by atoms with Crippen LogP contribution in [0.5, 0.6) is 5.88 Å². The second-order valence-corrected chi connectivity index (χ2v) is 11.7. The molecule has 2 aliphatic heterocycles. The minimum absolute atomic E-state index is 0.0716. The Morgan fingerprint density at radius 1 is 1.07 bits per heavy atom. The molecule has 0 saturated heterocycles. The molecule has 2 aliphatic rings. The molecule has 222 valence electrons. The van der Waals surface area contributed by atoms with Gasteiger partial charge in [-0.25, -0.2) is 19.7 Å². The number of carbonyl (C=O) groups is 2. The van der Waals surface area contributed by atoms with E-state index in [9.17, 15) is 9.59 Å². The van der Waals surface area contributed by atoms with Crippen LogP contribution in [-0.4, -0.2) is 77.8 Å². The maximum atomic E-state index is 13.0. The van der Waals surface area contributed by atoms with Crippen LogP contribution < -0.4 is 25.2 Å². The van der Waals surface area contributed by atoms with Crippen LogP contribution in [0.15, 0.2) is 36.7 Å². The number of likely N-dealkylation sites (N-methyl/N-ethyl adjacent to an activating group) is 1. The van der Waals surface area contributed by atoms with Crippen molar-refractivity contribution >= 4 is 40.7 Å². The van der Waals surface area contributed by atoms with Crippen molar-refractivity contribution in [3.63, 3.8) is 0 Å². The molecular formula is C30H38N8O4. The Labute approximate surface area is 246 Å². The molecule has 0 spiro atoms. The second kappa shape index (κ2) is 11.8. The summed E-state index contributed by atoms with van der Waals surface area (Å²) >= 11 is 0. The van der Waals surface area contributed by atoms with Crippen LogP contribution in [0.2, 0.25) is 0 Å². The van der Waals surface area contributed by atoms with E-state index < -0.39 is 11.7 Å². The van der Waals surface area contributed by atoms with Crippen LogP contribution in [0, 0.1) is 6.92 Å².